The Bertz CT molecular complexity index is 1020. The van der Waals surface area contributed by atoms with Gasteiger partial charge in [-0.3, -0.25) is 0 Å². The van der Waals surface area contributed by atoms with Gasteiger partial charge in [-0.25, -0.2) is 12.8 Å². The summed E-state index contributed by atoms with van der Waals surface area (Å²) in [5.74, 6) is -4.63. The quantitative estimate of drug-likeness (QED) is 0.823. The van der Waals surface area contributed by atoms with Crippen LogP contribution in [-0.2, 0) is 9.84 Å². The van der Waals surface area contributed by atoms with Gasteiger partial charge in [-0.2, -0.15) is 19.3 Å². The molecule has 0 aliphatic carbocycles. The van der Waals surface area contributed by atoms with Crippen LogP contribution >= 0.6 is 0 Å². The van der Waals surface area contributed by atoms with Crippen molar-refractivity contribution < 1.29 is 26.3 Å². The number of halogens is 3. The molecule has 0 spiro atoms. The molecule has 0 radical (unpaired) electrons. The molecule has 0 N–H and O–H groups in total. The molecule has 2 rings (SSSR count). The molecule has 128 valence electrons. The van der Waals surface area contributed by atoms with Gasteiger partial charge in [-0.1, -0.05) is 0 Å². The van der Waals surface area contributed by atoms with Crippen LogP contribution in [0, 0.1) is 35.4 Å². The molecule has 0 saturated heterocycles. The van der Waals surface area contributed by atoms with Gasteiger partial charge < -0.3 is 4.74 Å². The van der Waals surface area contributed by atoms with E-state index < -0.39 is 26.3 Å². The highest BCUT2D eigenvalue weighted by molar-refractivity contribution is 7.91. The lowest BCUT2D eigenvalue weighted by atomic mass is 10.1. The Labute approximate surface area is 141 Å². The summed E-state index contributed by atoms with van der Waals surface area (Å²) in [5.41, 5.74) is -0.524. The SMILES string of the molecule is Cc1c(S(=O)(=O)C(F)F)ccc(Oc2cc(F)cc(C#N)c2)c1C#N. The van der Waals surface area contributed by atoms with Crippen molar-refractivity contribution in [3.8, 4) is 23.6 Å². The minimum atomic E-state index is -4.89. The normalized spacial score (nSPS) is 11.0. The highest BCUT2D eigenvalue weighted by Crippen LogP contribution is 2.33. The molecular formula is C16H9F3N2O3S. The lowest BCUT2D eigenvalue weighted by Crippen LogP contribution is -2.13. The molecule has 0 aliphatic rings. The van der Waals surface area contributed by atoms with Crippen LogP contribution in [0.25, 0.3) is 0 Å². The van der Waals surface area contributed by atoms with Crippen molar-refractivity contribution in [2.75, 3.05) is 0 Å². The predicted octanol–water partition coefficient (Wildman–Crippen LogP) is 3.67. The van der Waals surface area contributed by atoms with E-state index in [0.717, 1.165) is 24.3 Å². The monoisotopic (exact) mass is 366 g/mol. The average molecular weight is 366 g/mol. The van der Waals surface area contributed by atoms with Gasteiger partial charge in [0.25, 0.3) is 0 Å². The Morgan fingerprint density at radius 1 is 1.12 bits per heavy atom. The van der Waals surface area contributed by atoms with Crippen molar-refractivity contribution in [3.05, 3.63) is 52.8 Å². The van der Waals surface area contributed by atoms with Gasteiger partial charge in [0.2, 0.25) is 9.84 Å². The zero-order valence-electron chi connectivity index (χ0n) is 12.6. The summed E-state index contributed by atoms with van der Waals surface area (Å²) in [7, 11) is -4.89. The lowest BCUT2D eigenvalue weighted by molar-refractivity contribution is 0.234. The van der Waals surface area contributed by atoms with Gasteiger partial charge in [-0.05, 0) is 36.8 Å². The standard InChI is InChI=1S/C16H9F3N2O3S/c1-9-13(8-21)14(2-3-15(9)25(22,23)16(18)19)24-12-5-10(7-20)4-11(17)6-12/h2-6,16H,1H3. The summed E-state index contributed by atoms with van der Waals surface area (Å²) in [6, 6.07) is 8.47. The molecule has 0 unspecified atom stereocenters. The first-order chi connectivity index (χ1) is 11.7. The van der Waals surface area contributed by atoms with E-state index >= 15 is 0 Å². The Morgan fingerprint density at radius 3 is 2.36 bits per heavy atom. The van der Waals surface area contributed by atoms with E-state index in [2.05, 4.69) is 0 Å². The van der Waals surface area contributed by atoms with Crippen LogP contribution < -0.4 is 4.74 Å². The molecule has 5 nitrogen and oxygen atoms in total. The molecule has 0 heterocycles. The van der Waals surface area contributed by atoms with Gasteiger partial charge in [0.15, 0.2) is 0 Å². The summed E-state index contributed by atoms with van der Waals surface area (Å²) in [5, 5.41) is 18.0. The zero-order valence-corrected chi connectivity index (χ0v) is 13.4. The lowest BCUT2D eigenvalue weighted by Gasteiger charge is -2.13. The van der Waals surface area contributed by atoms with Crippen molar-refractivity contribution in [3.63, 3.8) is 0 Å². The third-order valence-corrected chi connectivity index (χ3v) is 4.78. The number of alkyl halides is 2. The first kappa shape index (κ1) is 18.3. The van der Waals surface area contributed by atoms with E-state index in [9.17, 15) is 26.9 Å². The third-order valence-electron chi connectivity index (χ3n) is 3.26. The van der Waals surface area contributed by atoms with Crippen LogP contribution in [0.3, 0.4) is 0 Å². The van der Waals surface area contributed by atoms with Crippen LogP contribution in [0.4, 0.5) is 13.2 Å². The molecule has 25 heavy (non-hydrogen) atoms. The van der Waals surface area contributed by atoms with Gasteiger partial charge in [0.05, 0.1) is 22.1 Å². The number of sulfone groups is 1. The van der Waals surface area contributed by atoms with E-state index in [-0.39, 0.29) is 28.2 Å². The van der Waals surface area contributed by atoms with Crippen molar-refractivity contribution >= 4 is 9.84 Å². The number of benzene rings is 2. The minimum absolute atomic E-state index is 0.0258. The van der Waals surface area contributed by atoms with Crippen molar-refractivity contribution in [1.29, 1.82) is 10.5 Å². The van der Waals surface area contributed by atoms with Gasteiger partial charge >= 0.3 is 5.76 Å². The molecule has 0 fully saturated rings. The number of hydrogen-bond donors (Lipinski definition) is 0. The summed E-state index contributed by atoms with van der Waals surface area (Å²) in [4.78, 5) is -0.691. The fourth-order valence-electron chi connectivity index (χ4n) is 2.11. The summed E-state index contributed by atoms with van der Waals surface area (Å²) in [6.07, 6.45) is 0. The maximum atomic E-state index is 13.4. The zero-order chi connectivity index (χ0) is 18.8. The number of ether oxygens (including phenoxy) is 1. The molecule has 2 aromatic rings. The maximum absolute atomic E-state index is 13.4. The summed E-state index contributed by atoms with van der Waals surface area (Å²) < 4.78 is 67.5. The van der Waals surface area contributed by atoms with E-state index in [1.807, 2.05) is 0 Å². The van der Waals surface area contributed by atoms with Crippen molar-refractivity contribution in [2.24, 2.45) is 0 Å². The first-order valence-electron chi connectivity index (χ1n) is 6.65. The van der Waals surface area contributed by atoms with Crippen LogP contribution in [0.2, 0.25) is 0 Å². The van der Waals surface area contributed by atoms with Gasteiger partial charge in [-0.15, -0.1) is 0 Å². The Kier molecular flexibility index (Phi) is 5.00. The average Bonchev–Trinajstić information content (AvgIpc) is 2.54. The summed E-state index contributed by atoms with van der Waals surface area (Å²) in [6.45, 7) is 1.19. The second kappa shape index (κ2) is 6.83. The molecule has 0 aromatic heterocycles. The van der Waals surface area contributed by atoms with Gasteiger partial charge in [0, 0.05) is 6.07 Å². The van der Waals surface area contributed by atoms with E-state index in [1.165, 1.54) is 13.0 Å². The number of rotatable bonds is 4. The molecular weight excluding hydrogens is 357 g/mol. The van der Waals surface area contributed by atoms with E-state index in [1.54, 1.807) is 12.1 Å². The van der Waals surface area contributed by atoms with E-state index in [4.69, 9.17) is 10.00 Å². The predicted molar refractivity (Wildman–Crippen MR) is 80.3 cm³/mol. The Morgan fingerprint density at radius 2 is 1.80 bits per heavy atom. The van der Waals surface area contributed by atoms with Crippen LogP contribution in [0.1, 0.15) is 16.7 Å². The number of nitrogens with zero attached hydrogens (tertiary/aromatic N) is 2. The van der Waals surface area contributed by atoms with Crippen LogP contribution in [0.15, 0.2) is 35.2 Å². The van der Waals surface area contributed by atoms with Gasteiger partial charge in [0.1, 0.15) is 23.4 Å². The highest BCUT2D eigenvalue weighted by atomic mass is 32.2. The van der Waals surface area contributed by atoms with Crippen LogP contribution in [0.5, 0.6) is 11.5 Å². The number of hydrogen-bond acceptors (Lipinski definition) is 5. The van der Waals surface area contributed by atoms with Crippen molar-refractivity contribution in [1.82, 2.24) is 0 Å². The highest BCUT2D eigenvalue weighted by Gasteiger charge is 2.30. The van der Waals surface area contributed by atoms with Crippen molar-refractivity contribution in [2.45, 2.75) is 17.6 Å². The third kappa shape index (κ3) is 3.57. The molecule has 2 aromatic carbocycles. The second-order valence-corrected chi connectivity index (χ2v) is 6.75. The fourth-order valence-corrected chi connectivity index (χ4v) is 3.09. The van der Waals surface area contributed by atoms with Crippen LogP contribution in [-0.4, -0.2) is 14.2 Å². The Balaban J connectivity index is 2.55. The molecule has 0 amide bonds. The molecule has 9 heteroatoms. The largest absolute Gasteiger partial charge is 0.456 e. The second-order valence-electron chi connectivity index (χ2n) is 4.87. The maximum Gasteiger partial charge on any atom is 0.341 e. The fraction of sp³-hybridized carbons (Fsp3) is 0.125. The Hall–Kier alpha value is -3.04. The molecule has 0 bridgehead atoms. The first-order valence-corrected chi connectivity index (χ1v) is 8.19. The molecule has 0 saturated carbocycles. The molecule has 0 atom stereocenters. The summed E-state index contributed by atoms with van der Waals surface area (Å²) >= 11 is 0. The smallest absolute Gasteiger partial charge is 0.341 e. The topological polar surface area (TPSA) is 90.9 Å². The van der Waals surface area contributed by atoms with E-state index in [0.29, 0.717) is 0 Å². The molecule has 0 aliphatic heterocycles. The number of nitriles is 2. The minimum Gasteiger partial charge on any atom is -0.456 e.